The number of furan rings is 1. The smallest absolute Gasteiger partial charge is 0.497 e. The van der Waals surface area contributed by atoms with Gasteiger partial charge in [0.2, 0.25) is 5.88 Å². The van der Waals surface area contributed by atoms with E-state index in [4.69, 9.17) is 19.1 Å². The number of rotatable bonds is 4. The van der Waals surface area contributed by atoms with Gasteiger partial charge >= 0.3 is 21.1 Å². The molecule has 0 saturated heterocycles. The molecule has 4 aromatic heterocycles. The Balaban J connectivity index is 0.00000316. The molecule has 0 saturated carbocycles. The predicted octanol–water partition coefficient (Wildman–Crippen LogP) is 10.3. The summed E-state index contributed by atoms with van der Waals surface area (Å²) in [5.74, 6) is 0.971. The molecule has 7 rings (SSSR count). The van der Waals surface area contributed by atoms with Gasteiger partial charge in [0.25, 0.3) is 0 Å². The summed E-state index contributed by atoms with van der Waals surface area (Å²) in [5, 5.41) is 2.19. The molecule has 0 unspecified atom stereocenters. The number of nitrogens with zero attached hydrogens (tertiary/aromatic N) is 2. The minimum atomic E-state index is 0. The number of hydrogen-bond donors (Lipinski definition) is 0. The molecule has 0 aliphatic rings. The van der Waals surface area contributed by atoms with Gasteiger partial charge in [-0.3, -0.25) is 4.98 Å². The average molecular weight is 750 g/mol. The van der Waals surface area contributed by atoms with E-state index in [9.17, 15) is 0 Å². The molecule has 3 aromatic carbocycles. The third-order valence-electron chi connectivity index (χ3n) is 7.55. The Morgan fingerprint density at radius 2 is 1.62 bits per heavy atom. The Bertz CT molecular complexity index is 2040. The van der Waals surface area contributed by atoms with Crippen molar-refractivity contribution in [3.05, 3.63) is 96.2 Å². The van der Waals surface area contributed by atoms with Crippen LogP contribution in [0.2, 0.25) is 0 Å². The first kappa shape index (κ1) is 28.6. The van der Waals surface area contributed by atoms with E-state index in [0.717, 1.165) is 43.6 Å². The van der Waals surface area contributed by atoms with Gasteiger partial charge in [0, 0.05) is 22.3 Å². The second-order valence-corrected chi connectivity index (χ2v) is 13.6. The van der Waals surface area contributed by atoms with E-state index in [1.807, 2.05) is 48.7 Å². The van der Waals surface area contributed by atoms with Crippen LogP contribution < -0.4 is 4.74 Å². The van der Waals surface area contributed by atoms with Crippen LogP contribution in [0, 0.1) is 12.1 Å². The summed E-state index contributed by atoms with van der Waals surface area (Å²) < 4.78 is 15.2. The quantitative estimate of drug-likeness (QED) is 0.168. The number of benzene rings is 3. The van der Waals surface area contributed by atoms with Crippen LogP contribution in [0.1, 0.15) is 52.7 Å². The van der Waals surface area contributed by atoms with Gasteiger partial charge in [-0.25, -0.2) is 16.1 Å². The SMILES string of the molecule is CC(C)(C)c1ccc(-c2cccc(Oc3[c-]c(-c4[c-]ccc(C(C)(C)C)c4)c4sc5cccc6oc3c4c65)n2)nc1.[Pt+2]. The summed E-state index contributed by atoms with van der Waals surface area (Å²) in [7, 11) is 0. The van der Waals surface area contributed by atoms with Crippen LogP contribution in [0.3, 0.4) is 0 Å². The van der Waals surface area contributed by atoms with Gasteiger partial charge in [-0.05, 0) is 46.0 Å². The van der Waals surface area contributed by atoms with Crippen LogP contribution in [-0.4, -0.2) is 9.97 Å². The van der Waals surface area contributed by atoms with E-state index in [2.05, 4.69) is 77.9 Å². The van der Waals surface area contributed by atoms with E-state index in [1.54, 1.807) is 11.3 Å². The third-order valence-corrected chi connectivity index (χ3v) is 8.72. The molecular formula is C36H30N2O2PtS. The van der Waals surface area contributed by atoms with Crippen molar-refractivity contribution in [3.63, 3.8) is 0 Å². The van der Waals surface area contributed by atoms with Gasteiger partial charge in [0.15, 0.2) is 0 Å². The number of thiophene rings is 1. The molecule has 6 heteroatoms. The van der Waals surface area contributed by atoms with Gasteiger partial charge in [0.1, 0.15) is 5.58 Å². The molecule has 0 radical (unpaired) electrons. The molecule has 7 aromatic rings. The first-order chi connectivity index (χ1) is 19.6. The standard InChI is InChI=1S/C36H30N2O2S.Pt/c1-35(2,3)22-11-7-10-21(18-22)24-19-28(33-32-31-27(40-33)13-9-14-29(31)41-34(24)32)39-30-15-8-12-26(38-30)25-17-16-23(20-37-25)36(4,5)6;/h7-9,11-18,20H,1-6H3;/q-2;+2. The maximum Gasteiger partial charge on any atom is 2.00 e. The minimum absolute atomic E-state index is 0. The van der Waals surface area contributed by atoms with Crippen LogP contribution in [0.15, 0.2) is 77.3 Å². The molecule has 42 heavy (non-hydrogen) atoms. The van der Waals surface area contributed by atoms with E-state index in [0.29, 0.717) is 17.2 Å². The first-order valence-electron chi connectivity index (χ1n) is 13.8. The first-order valence-corrected chi connectivity index (χ1v) is 14.6. The van der Waals surface area contributed by atoms with Crippen molar-refractivity contribution >= 4 is 42.7 Å². The molecule has 212 valence electrons. The van der Waals surface area contributed by atoms with Gasteiger partial charge in [-0.2, -0.15) is 29.5 Å². The van der Waals surface area contributed by atoms with Crippen molar-refractivity contribution in [2.75, 3.05) is 0 Å². The molecule has 0 bridgehead atoms. The molecule has 0 N–H and O–H groups in total. The molecule has 4 heterocycles. The van der Waals surface area contributed by atoms with Crippen molar-refractivity contribution in [1.29, 1.82) is 0 Å². The fourth-order valence-corrected chi connectivity index (χ4v) is 6.42. The van der Waals surface area contributed by atoms with Gasteiger partial charge < -0.3 is 9.15 Å². The van der Waals surface area contributed by atoms with Gasteiger partial charge in [-0.1, -0.05) is 64.4 Å². The number of pyridine rings is 2. The van der Waals surface area contributed by atoms with Crippen LogP contribution in [-0.2, 0) is 31.9 Å². The number of ether oxygens (including phenoxy) is 1. The molecule has 0 amide bonds. The Morgan fingerprint density at radius 1 is 0.833 bits per heavy atom. The van der Waals surface area contributed by atoms with E-state index in [1.165, 1.54) is 15.8 Å². The van der Waals surface area contributed by atoms with Gasteiger partial charge in [-0.15, -0.1) is 17.7 Å². The van der Waals surface area contributed by atoms with E-state index in [-0.39, 0.29) is 31.9 Å². The Labute approximate surface area is 264 Å². The molecular weight excluding hydrogens is 720 g/mol. The minimum Gasteiger partial charge on any atom is -0.497 e. The summed E-state index contributed by atoms with van der Waals surface area (Å²) in [6.45, 7) is 13.2. The second-order valence-electron chi connectivity index (χ2n) is 12.6. The van der Waals surface area contributed by atoms with Crippen LogP contribution in [0.4, 0.5) is 0 Å². The Hall–Kier alpha value is -3.53. The van der Waals surface area contributed by atoms with Crippen LogP contribution in [0.25, 0.3) is 53.9 Å². The van der Waals surface area contributed by atoms with Gasteiger partial charge in [0.05, 0.1) is 22.7 Å². The monoisotopic (exact) mass is 749 g/mol. The zero-order chi connectivity index (χ0) is 28.5. The summed E-state index contributed by atoms with van der Waals surface area (Å²) in [5.41, 5.74) is 7.48. The number of aromatic nitrogens is 2. The molecule has 0 aliphatic heterocycles. The summed E-state index contributed by atoms with van der Waals surface area (Å²) >= 11 is 1.76. The van der Waals surface area contributed by atoms with Crippen molar-refractivity contribution < 1.29 is 30.2 Å². The zero-order valence-corrected chi connectivity index (χ0v) is 27.5. The maximum absolute atomic E-state index is 6.49. The molecule has 0 aliphatic carbocycles. The van der Waals surface area contributed by atoms with Crippen molar-refractivity contribution in [2.24, 2.45) is 0 Å². The Kier molecular flexibility index (Phi) is 7.03. The van der Waals surface area contributed by atoms with E-state index >= 15 is 0 Å². The largest absolute Gasteiger partial charge is 2.00 e. The molecule has 4 nitrogen and oxygen atoms in total. The van der Waals surface area contributed by atoms with Crippen molar-refractivity contribution in [1.82, 2.24) is 9.97 Å². The summed E-state index contributed by atoms with van der Waals surface area (Å²) in [6, 6.07) is 29.4. The third kappa shape index (κ3) is 4.93. The van der Waals surface area contributed by atoms with Crippen molar-refractivity contribution in [2.45, 2.75) is 52.4 Å². The normalized spacial score (nSPS) is 12.3. The second kappa shape index (κ2) is 10.3. The summed E-state index contributed by atoms with van der Waals surface area (Å²) in [4.78, 5) is 9.51. The summed E-state index contributed by atoms with van der Waals surface area (Å²) in [6.07, 6.45) is 1.92. The maximum atomic E-state index is 6.49. The molecule has 0 fully saturated rings. The van der Waals surface area contributed by atoms with E-state index < -0.39 is 0 Å². The van der Waals surface area contributed by atoms with Crippen molar-refractivity contribution in [3.8, 4) is 34.1 Å². The predicted molar refractivity (Wildman–Crippen MR) is 168 cm³/mol. The molecule has 0 atom stereocenters. The topological polar surface area (TPSA) is 48.2 Å². The average Bonchev–Trinajstić information content (AvgIpc) is 3.54. The fraction of sp³-hybridized carbons (Fsp3) is 0.222. The number of hydrogen-bond acceptors (Lipinski definition) is 5. The zero-order valence-electron chi connectivity index (χ0n) is 24.4. The Morgan fingerprint density at radius 3 is 2.36 bits per heavy atom. The molecule has 0 spiro atoms. The van der Waals surface area contributed by atoms with Crippen LogP contribution in [0.5, 0.6) is 11.6 Å². The fourth-order valence-electron chi connectivity index (χ4n) is 5.19. The van der Waals surface area contributed by atoms with Crippen LogP contribution >= 0.6 is 11.3 Å².